The molecule has 2 amide bonds. The van der Waals surface area contributed by atoms with Crippen LogP contribution in [0.5, 0.6) is 0 Å². The Labute approximate surface area is 171 Å². The molecule has 0 radical (unpaired) electrons. The molecule has 0 aliphatic rings. The van der Waals surface area contributed by atoms with Crippen molar-refractivity contribution in [2.75, 3.05) is 10.2 Å². The number of para-hydroxylation sites is 1. The van der Waals surface area contributed by atoms with Crippen molar-refractivity contribution in [1.82, 2.24) is 14.8 Å². The number of hydrogen-bond donors (Lipinski definition) is 1. The van der Waals surface area contributed by atoms with Gasteiger partial charge in [0.25, 0.3) is 0 Å². The first-order valence-electron chi connectivity index (χ1n) is 8.90. The highest BCUT2D eigenvalue weighted by Crippen LogP contribution is 2.31. The van der Waals surface area contributed by atoms with Crippen LogP contribution in [0.3, 0.4) is 0 Å². The zero-order valence-electron chi connectivity index (χ0n) is 16.2. The van der Waals surface area contributed by atoms with Gasteiger partial charge in [0, 0.05) is 30.5 Å². The maximum Gasteiger partial charge on any atom is 0.249 e. The summed E-state index contributed by atoms with van der Waals surface area (Å²) in [6.07, 6.45) is 4.49. The molecule has 0 atom stereocenters. The van der Waals surface area contributed by atoms with Gasteiger partial charge in [-0.05, 0) is 32.1 Å². The van der Waals surface area contributed by atoms with Gasteiger partial charge >= 0.3 is 0 Å². The fraction of sp³-hybridized carbons (Fsp3) is 0.200. The number of nitrogens with zero attached hydrogens (tertiary/aromatic N) is 4. The van der Waals surface area contributed by atoms with Gasteiger partial charge in [0.2, 0.25) is 11.8 Å². The highest BCUT2D eigenvalue weighted by molar-refractivity contribution is 7.14. The lowest BCUT2D eigenvalue weighted by Crippen LogP contribution is -2.23. The van der Waals surface area contributed by atoms with Crippen molar-refractivity contribution in [2.24, 2.45) is 0 Å². The molecule has 3 aromatic rings. The molecule has 0 unspecified atom stereocenters. The lowest BCUT2D eigenvalue weighted by atomic mass is 10.3. The largest absolute Gasteiger partial charge is 0.307 e. The predicted molar refractivity (Wildman–Crippen MR) is 112 cm³/mol. The third-order valence-corrected chi connectivity index (χ3v) is 4.77. The second-order valence-electron chi connectivity index (χ2n) is 6.44. The number of amides is 2. The summed E-state index contributed by atoms with van der Waals surface area (Å²) in [6, 6.07) is 7.82. The van der Waals surface area contributed by atoms with Crippen LogP contribution in [0.1, 0.15) is 32.5 Å². The second-order valence-corrected chi connectivity index (χ2v) is 7.27. The van der Waals surface area contributed by atoms with Crippen LogP contribution in [0.4, 0.5) is 21.0 Å². The third-order valence-electron chi connectivity index (χ3n) is 3.93. The number of rotatable bonds is 6. The Balaban J connectivity index is 1.75. The molecule has 150 valence electrons. The number of nitrogens with one attached hydrogen (secondary N) is 1. The van der Waals surface area contributed by atoms with Crippen LogP contribution in [-0.4, -0.2) is 26.6 Å². The first-order chi connectivity index (χ1) is 13.9. The maximum atomic E-state index is 14.1. The molecule has 0 bridgehead atoms. The quantitative estimate of drug-likeness (QED) is 0.608. The minimum atomic E-state index is -0.517. The average Bonchev–Trinajstić information content (AvgIpc) is 3.31. The van der Waals surface area contributed by atoms with Crippen LogP contribution in [0.2, 0.25) is 0 Å². The Hall–Kier alpha value is -3.33. The molecule has 0 saturated carbocycles. The van der Waals surface area contributed by atoms with Crippen LogP contribution in [-0.2, 0) is 9.59 Å². The van der Waals surface area contributed by atoms with E-state index in [0.717, 1.165) is 0 Å². The minimum absolute atomic E-state index is 0.112. The van der Waals surface area contributed by atoms with Gasteiger partial charge in [-0.25, -0.2) is 14.1 Å². The number of hydrogen-bond acceptors (Lipinski definition) is 5. The molecule has 0 fully saturated rings. The molecule has 9 heteroatoms. The molecule has 0 saturated heterocycles. The van der Waals surface area contributed by atoms with Gasteiger partial charge < -0.3 is 5.32 Å². The Bertz CT molecular complexity index is 1060. The average molecular weight is 413 g/mol. The number of benzene rings is 1. The summed E-state index contributed by atoms with van der Waals surface area (Å²) in [5.41, 5.74) is 0.615. The summed E-state index contributed by atoms with van der Waals surface area (Å²) in [5, 5.41) is 8.93. The Kier molecular flexibility index (Phi) is 6.18. The van der Waals surface area contributed by atoms with Crippen LogP contribution < -0.4 is 10.2 Å². The SMILES string of the molecule is CC(=O)N(c1nc(C=CC(=O)Nc2ccnn2C(C)C)cs1)c1ccccc1F. The van der Waals surface area contributed by atoms with Crippen LogP contribution in [0, 0.1) is 5.82 Å². The molecule has 0 aliphatic heterocycles. The van der Waals surface area contributed by atoms with E-state index < -0.39 is 5.82 Å². The molecule has 1 aromatic carbocycles. The summed E-state index contributed by atoms with van der Waals surface area (Å²) in [5.74, 6) is -0.619. The Morgan fingerprint density at radius 3 is 2.72 bits per heavy atom. The second kappa shape index (κ2) is 8.78. The molecule has 2 aromatic heterocycles. The Morgan fingerprint density at radius 1 is 1.28 bits per heavy atom. The zero-order valence-corrected chi connectivity index (χ0v) is 17.0. The summed E-state index contributed by atoms with van der Waals surface area (Å²) < 4.78 is 15.8. The third kappa shape index (κ3) is 4.75. The van der Waals surface area contributed by atoms with Gasteiger partial charge in [0.05, 0.1) is 17.6 Å². The first kappa shape index (κ1) is 20.4. The maximum absolute atomic E-state index is 14.1. The van der Waals surface area contributed by atoms with Crippen LogP contribution >= 0.6 is 11.3 Å². The zero-order chi connectivity index (χ0) is 21.0. The van der Waals surface area contributed by atoms with Gasteiger partial charge in [-0.15, -0.1) is 11.3 Å². The minimum Gasteiger partial charge on any atom is -0.307 e. The van der Waals surface area contributed by atoms with Crippen molar-refractivity contribution < 1.29 is 14.0 Å². The van der Waals surface area contributed by atoms with Gasteiger partial charge in [-0.3, -0.25) is 14.5 Å². The van der Waals surface area contributed by atoms with E-state index in [1.165, 1.54) is 47.4 Å². The fourth-order valence-corrected chi connectivity index (χ4v) is 3.50. The number of halogens is 1. The van der Waals surface area contributed by atoms with E-state index in [9.17, 15) is 14.0 Å². The topological polar surface area (TPSA) is 80.1 Å². The van der Waals surface area contributed by atoms with E-state index in [4.69, 9.17) is 0 Å². The van der Waals surface area contributed by atoms with Crippen molar-refractivity contribution in [2.45, 2.75) is 26.8 Å². The van der Waals surface area contributed by atoms with Crippen molar-refractivity contribution in [3.63, 3.8) is 0 Å². The smallest absolute Gasteiger partial charge is 0.249 e. The lowest BCUT2D eigenvalue weighted by Gasteiger charge is -2.18. The fourth-order valence-electron chi connectivity index (χ4n) is 2.65. The molecule has 3 rings (SSSR count). The van der Waals surface area contributed by atoms with E-state index in [-0.39, 0.29) is 23.5 Å². The summed E-state index contributed by atoms with van der Waals surface area (Å²) in [6.45, 7) is 5.27. The van der Waals surface area contributed by atoms with Gasteiger partial charge in [0.1, 0.15) is 11.6 Å². The molecule has 7 nitrogen and oxygen atoms in total. The summed E-state index contributed by atoms with van der Waals surface area (Å²) in [4.78, 5) is 29.8. The van der Waals surface area contributed by atoms with E-state index in [1.54, 1.807) is 34.5 Å². The van der Waals surface area contributed by atoms with Crippen LogP contribution in [0.25, 0.3) is 6.08 Å². The van der Waals surface area contributed by atoms with E-state index in [2.05, 4.69) is 15.4 Å². The van der Waals surface area contributed by atoms with Gasteiger partial charge in [-0.2, -0.15) is 5.10 Å². The molecule has 0 spiro atoms. The molecule has 0 aliphatic carbocycles. The highest BCUT2D eigenvalue weighted by atomic mass is 32.1. The lowest BCUT2D eigenvalue weighted by molar-refractivity contribution is -0.116. The number of aromatic nitrogens is 3. The number of anilines is 3. The molecular formula is C20H20FN5O2S. The van der Waals surface area contributed by atoms with Crippen molar-refractivity contribution in [1.29, 1.82) is 0 Å². The van der Waals surface area contributed by atoms with Gasteiger partial charge in [0.15, 0.2) is 5.13 Å². The standard InChI is InChI=1S/C20H20FN5O2S/c1-13(2)26-18(10-11-22-26)24-19(28)9-8-15-12-29-20(23-15)25(14(3)27)17-7-5-4-6-16(17)21/h4-13H,1-3H3,(H,24,28). The Morgan fingerprint density at radius 2 is 2.03 bits per heavy atom. The van der Waals surface area contributed by atoms with E-state index in [0.29, 0.717) is 16.6 Å². The van der Waals surface area contributed by atoms with E-state index in [1.807, 2.05) is 13.8 Å². The number of carbonyl (C=O) groups excluding carboxylic acids is 2. The summed E-state index contributed by atoms with van der Waals surface area (Å²) in [7, 11) is 0. The normalized spacial score (nSPS) is 11.2. The summed E-state index contributed by atoms with van der Waals surface area (Å²) >= 11 is 1.18. The van der Waals surface area contributed by atoms with Crippen molar-refractivity contribution in [3.05, 3.63) is 59.5 Å². The molecule has 1 N–H and O–H groups in total. The monoisotopic (exact) mass is 413 g/mol. The van der Waals surface area contributed by atoms with Crippen LogP contribution in [0.15, 0.2) is 48.0 Å². The van der Waals surface area contributed by atoms with Crippen molar-refractivity contribution >= 4 is 45.9 Å². The molecule has 2 heterocycles. The molecular weight excluding hydrogens is 393 g/mol. The number of carbonyl (C=O) groups is 2. The first-order valence-corrected chi connectivity index (χ1v) is 9.78. The number of thiazole rings is 1. The predicted octanol–water partition coefficient (Wildman–Crippen LogP) is 4.40. The van der Waals surface area contributed by atoms with Crippen molar-refractivity contribution in [3.8, 4) is 0 Å². The highest BCUT2D eigenvalue weighted by Gasteiger charge is 2.20. The van der Waals surface area contributed by atoms with E-state index >= 15 is 0 Å². The van der Waals surface area contributed by atoms with Gasteiger partial charge in [-0.1, -0.05) is 12.1 Å². The molecule has 29 heavy (non-hydrogen) atoms.